The Hall–Kier alpha value is -5.14. The summed E-state index contributed by atoms with van der Waals surface area (Å²) in [5, 5.41) is 19.0. The molecule has 0 saturated heterocycles. The predicted molar refractivity (Wildman–Crippen MR) is 175 cm³/mol. The van der Waals surface area contributed by atoms with Gasteiger partial charge in [-0.15, -0.1) is 0 Å². The molecule has 14 heteroatoms. The Kier molecular flexibility index (Phi) is 14.7. The van der Waals surface area contributed by atoms with Crippen LogP contribution in [0.4, 0.5) is 15.3 Å². The topological polar surface area (TPSA) is 194 Å². The molecule has 14 nitrogen and oxygen atoms in total. The zero-order valence-electron chi connectivity index (χ0n) is 27.7. The number of guanidine groups is 1. The van der Waals surface area contributed by atoms with Gasteiger partial charge in [-0.2, -0.15) is 0 Å². The van der Waals surface area contributed by atoms with Crippen molar-refractivity contribution in [2.24, 2.45) is 4.99 Å². The predicted octanol–water partition coefficient (Wildman–Crippen LogP) is 4.98. The van der Waals surface area contributed by atoms with Crippen LogP contribution >= 0.6 is 0 Å². The van der Waals surface area contributed by atoms with Crippen LogP contribution in [0.3, 0.4) is 0 Å². The third kappa shape index (κ3) is 16.7. The minimum Gasteiger partial charge on any atom is -0.488 e. The highest BCUT2D eigenvalue weighted by molar-refractivity contribution is 6.01. The largest absolute Gasteiger partial charge is 0.488 e. The third-order valence-electron chi connectivity index (χ3n) is 5.69. The second-order valence-electron chi connectivity index (χ2n) is 12.4. The second-order valence-corrected chi connectivity index (χ2v) is 12.4. The molecule has 0 radical (unpaired) electrons. The van der Waals surface area contributed by atoms with Crippen LogP contribution in [0.15, 0.2) is 53.5 Å². The van der Waals surface area contributed by atoms with E-state index < -0.39 is 35.3 Å². The van der Waals surface area contributed by atoms with Gasteiger partial charge in [-0.1, -0.05) is 30.3 Å². The summed E-state index contributed by atoms with van der Waals surface area (Å²) >= 11 is 0. The Balaban J connectivity index is 2.00. The number of hydrogen-bond acceptors (Lipinski definition) is 9. The first-order chi connectivity index (χ1) is 22.0. The molecule has 0 aromatic heterocycles. The summed E-state index contributed by atoms with van der Waals surface area (Å²) in [5.74, 6) is -1.79. The van der Waals surface area contributed by atoms with Crippen molar-refractivity contribution in [2.75, 3.05) is 18.4 Å². The number of benzene rings is 2. The van der Waals surface area contributed by atoms with Gasteiger partial charge in [-0.05, 0) is 78.1 Å². The van der Waals surface area contributed by atoms with Gasteiger partial charge < -0.3 is 30.0 Å². The lowest BCUT2D eigenvalue weighted by Gasteiger charge is -2.22. The highest BCUT2D eigenvalue weighted by Crippen LogP contribution is 2.24. The molecule has 47 heavy (non-hydrogen) atoms. The number of ether oxygens (including phenoxy) is 3. The molecular weight excluding hydrogens is 610 g/mol. The van der Waals surface area contributed by atoms with Crippen LogP contribution in [0, 0.1) is 0 Å². The highest BCUT2D eigenvalue weighted by atomic mass is 16.6. The van der Waals surface area contributed by atoms with Crippen LogP contribution in [0.5, 0.6) is 5.75 Å². The number of carboxylic acid groups (broad SMARTS) is 1. The molecule has 256 valence electrons. The standard InChI is InChI=1S/C33H45N5O9/c1-32(2,3)46-30(43)37-29(38-31(44)47-33(4,5)6)35-18-11-10-14-26(39)36-23-15-16-25(45-21-22-12-8-7-9-13-22)24(20-23)28(42)34-19-17-27(40)41/h7-9,12-13,15-16,20H,10-11,14,17-19,21H2,1-6H3,(H,34,42)(H,36,39)(H,40,41)(H2,35,37,38,43,44). The van der Waals surface area contributed by atoms with Crippen molar-refractivity contribution in [1.82, 2.24) is 16.0 Å². The van der Waals surface area contributed by atoms with E-state index >= 15 is 0 Å². The molecule has 0 aliphatic rings. The number of rotatable bonds is 13. The first-order valence-electron chi connectivity index (χ1n) is 15.2. The molecule has 0 fully saturated rings. The van der Waals surface area contributed by atoms with Gasteiger partial charge >= 0.3 is 18.2 Å². The van der Waals surface area contributed by atoms with Crippen LogP contribution < -0.4 is 26.0 Å². The van der Waals surface area contributed by atoms with E-state index in [0.717, 1.165) is 5.56 Å². The average molecular weight is 656 g/mol. The zero-order chi connectivity index (χ0) is 35.0. The molecule has 0 heterocycles. The van der Waals surface area contributed by atoms with Gasteiger partial charge in [-0.25, -0.2) is 9.59 Å². The van der Waals surface area contributed by atoms with Crippen molar-refractivity contribution in [3.8, 4) is 5.75 Å². The molecule has 0 unspecified atom stereocenters. The first kappa shape index (κ1) is 38.0. The number of unbranched alkanes of at least 4 members (excludes halogenated alkanes) is 1. The van der Waals surface area contributed by atoms with Gasteiger partial charge in [0, 0.05) is 25.2 Å². The minimum atomic E-state index is -1.05. The number of carbonyl (C=O) groups is 5. The molecule has 4 amide bonds. The molecule has 0 spiro atoms. The molecule has 2 aromatic carbocycles. The fourth-order valence-electron chi connectivity index (χ4n) is 3.75. The quantitative estimate of drug-likeness (QED) is 0.112. The van der Waals surface area contributed by atoms with E-state index in [1.54, 1.807) is 53.7 Å². The Labute approximate surface area is 274 Å². The maximum absolute atomic E-state index is 12.9. The van der Waals surface area contributed by atoms with Crippen LogP contribution in [-0.2, 0) is 25.7 Å². The Morgan fingerprint density at radius 1 is 0.809 bits per heavy atom. The second kappa shape index (κ2) is 18.1. The number of anilines is 1. The molecule has 0 aliphatic carbocycles. The maximum atomic E-state index is 12.9. The molecule has 0 atom stereocenters. The summed E-state index contributed by atoms with van der Waals surface area (Å²) in [5.41, 5.74) is -0.154. The number of aliphatic imine (C=N–C) groups is 1. The number of carbonyl (C=O) groups excluding carboxylic acids is 4. The monoisotopic (exact) mass is 655 g/mol. The molecule has 2 rings (SSSR count). The molecule has 2 aromatic rings. The smallest absolute Gasteiger partial charge is 0.414 e. The number of alkyl carbamates (subject to hydrolysis) is 2. The van der Waals surface area contributed by atoms with Gasteiger partial charge in [0.25, 0.3) is 5.91 Å². The van der Waals surface area contributed by atoms with Crippen molar-refractivity contribution in [3.63, 3.8) is 0 Å². The molecule has 0 saturated carbocycles. The molecule has 5 N–H and O–H groups in total. The fourth-order valence-corrected chi connectivity index (χ4v) is 3.75. The van der Waals surface area contributed by atoms with E-state index in [1.807, 2.05) is 30.3 Å². The zero-order valence-corrected chi connectivity index (χ0v) is 27.7. The minimum absolute atomic E-state index is 0.0757. The Morgan fingerprint density at radius 3 is 2.00 bits per heavy atom. The average Bonchev–Trinajstić information content (AvgIpc) is 2.94. The summed E-state index contributed by atoms with van der Waals surface area (Å²) in [6.45, 7) is 10.5. The van der Waals surface area contributed by atoms with E-state index in [4.69, 9.17) is 19.3 Å². The summed E-state index contributed by atoms with van der Waals surface area (Å²) < 4.78 is 16.3. The summed E-state index contributed by atoms with van der Waals surface area (Å²) in [4.78, 5) is 65.2. The lowest BCUT2D eigenvalue weighted by atomic mass is 10.1. The van der Waals surface area contributed by atoms with Gasteiger partial charge in [-0.3, -0.25) is 30.0 Å². The number of nitrogens with one attached hydrogen (secondary N) is 4. The van der Waals surface area contributed by atoms with E-state index in [9.17, 15) is 24.0 Å². The van der Waals surface area contributed by atoms with Crippen molar-refractivity contribution < 1.29 is 43.3 Å². The van der Waals surface area contributed by atoms with E-state index in [-0.39, 0.29) is 55.7 Å². The van der Waals surface area contributed by atoms with Crippen molar-refractivity contribution in [3.05, 3.63) is 59.7 Å². The summed E-state index contributed by atoms with van der Waals surface area (Å²) in [6.07, 6.45) is -0.885. The molecule has 0 aliphatic heterocycles. The fraction of sp³-hybridized carbons (Fsp3) is 0.455. The lowest BCUT2D eigenvalue weighted by Crippen LogP contribution is -2.47. The van der Waals surface area contributed by atoms with Crippen molar-refractivity contribution in [1.29, 1.82) is 0 Å². The van der Waals surface area contributed by atoms with Gasteiger partial charge in [0.15, 0.2) is 0 Å². The molecular formula is C33H45N5O9. The van der Waals surface area contributed by atoms with E-state index in [1.165, 1.54) is 6.07 Å². The Morgan fingerprint density at radius 2 is 1.43 bits per heavy atom. The van der Waals surface area contributed by atoms with Gasteiger partial charge in [0.05, 0.1) is 12.0 Å². The van der Waals surface area contributed by atoms with E-state index in [2.05, 4.69) is 26.3 Å². The lowest BCUT2D eigenvalue weighted by molar-refractivity contribution is -0.136. The number of amides is 4. The summed E-state index contributed by atoms with van der Waals surface area (Å²) in [6, 6.07) is 14.0. The van der Waals surface area contributed by atoms with Crippen LogP contribution in [0.25, 0.3) is 0 Å². The van der Waals surface area contributed by atoms with Gasteiger partial charge in [0.2, 0.25) is 11.9 Å². The SMILES string of the molecule is CC(C)(C)OC(=O)NC(=NCCCCC(=O)Nc1ccc(OCc2ccccc2)c(C(=O)NCCC(=O)O)c1)NC(=O)OC(C)(C)C. The molecule has 0 bridgehead atoms. The maximum Gasteiger partial charge on any atom is 0.414 e. The van der Waals surface area contributed by atoms with Crippen LogP contribution in [0.2, 0.25) is 0 Å². The number of aliphatic carboxylic acids is 1. The van der Waals surface area contributed by atoms with E-state index in [0.29, 0.717) is 18.5 Å². The highest BCUT2D eigenvalue weighted by Gasteiger charge is 2.21. The normalized spacial score (nSPS) is 11.0. The first-order valence-corrected chi connectivity index (χ1v) is 15.2. The third-order valence-corrected chi connectivity index (χ3v) is 5.69. The number of hydrogen-bond donors (Lipinski definition) is 5. The van der Waals surface area contributed by atoms with Crippen molar-refractivity contribution >= 4 is 41.6 Å². The van der Waals surface area contributed by atoms with Crippen LogP contribution in [0.1, 0.15) is 83.1 Å². The van der Waals surface area contributed by atoms with Gasteiger partial charge in [0.1, 0.15) is 23.6 Å². The number of nitrogens with zero attached hydrogens (tertiary/aromatic N) is 1. The summed E-state index contributed by atoms with van der Waals surface area (Å²) in [7, 11) is 0. The van der Waals surface area contributed by atoms with Crippen molar-refractivity contribution in [2.45, 2.75) is 85.0 Å². The Bertz CT molecular complexity index is 1380. The van der Waals surface area contributed by atoms with Crippen LogP contribution in [-0.4, -0.2) is 65.3 Å². The number of carboxylic acids is 1.